The maximum absolute atomic E-state index is 13.7. The van der Waals surface area contributed by atoms with E-state index in [1.54, 1.807) is 12.1 Å². The third-order valence-electron chi connectivity index (χ3n) is 6.83. The van der Waals surface area contributed by atoms with Gasteiger partial charge in [0.2, 0.25) is 0 Å². The molecule has 2 heterocycles. The molecule has 1 N–H and O–H groups in total. The molecule has 3 aromatic carbocycles. The second-order valence-electron chi connectivity index (χ2n) is 9.94. The highest BCUT2D eigenvalue weighted by atomic mass is 19.4. The van der Waals surface area contributed by atoms with Gasteiger partial charge in [-0.25, -0.2) is 8.78 Å². The molecule has 1 aliphatic rings. The SMILES string of the molecule is Cc1cc(Nc2cc(OCCN3CCN(Cc4cc(F)cc(F)c4)CC3)cc(C(F)(F)F)c2)c2ccccc2n1. The summed E-state index contributed by atoms with van der Waals surface area (Å²) in [4.78, 5) is 8.75. The normalized spacial score (nSPS) is 14.9. The molecule has 0 saturated carbocycles. The van der Waals surface area contributed by atoms with E-state index in [1.165, 1.54) is 12.1 Å². The Kier molecular flexibility index (Phi) is 8.18. The van der Waals surface area contributed by atoms with Crippen LogP contribution in [0.15, 0.2) is 66.7 Å². The fraction of sp³-hybridized carbons (Fsp3) is 0.300. The zero-order valence-electron chi connectivity index (χ0n) is 21.9. The second kappa shape index (κ2) is 11.8. The predicted octanol–water partition coefficient (Wildman–Crippen LogP) is 6.78. The maximum Gasteiger partial charge on any atom is 0.416 e. The van der Waals surface area contributed by atoms with E-state index in [1.807, 2.05) is 31.2 Å². The van der Waals surface area contributed by atoms with E-state index in [-0.39, 0.29) is 18.0 Å². The maximum atomic E-state index is 13.7. The minimum atomic E-state index is -4.53. The molecule has 10 heteroatoms. The zero-order chi connectivity index (χ0) is 28.3. The minimum absolute atomic E-state index is 0.124. The van der Waals surface area contributed by atoms with Gasteiger partial charge in [0.05, 0.1) is 11.1 Å². The molecule has 0 unspecified atom stereocenters. The summed E-state index contributed by atoms with van der Waals surface area (Å²) < 4.78 is 73.9. The van der Waals surface area contributed by atoms with Crippen LogP contribution >= 0.6 is 0 Å². The number of anilines is 2. The van der Waals surface area contributed by atoms with Crippen molar-refractivity contribution in [3.63, 3.8) is 0 Å². The Morgan fingerprint density at radius 2 is 1.57 bits per heavy atom. The molecule has 210 valence electrons. The molecular weight excluding hydrogens is 527 g/mol. The third-order valence-corrected chi connectivity index (χ3v) is 6.83. The van der Waals surface area contributed by atoms with Crippen LogP contribution in [0.2, 0.25) is 0 Å². The van der Waals surface area contributed by atoms with Crippen molar-refractivity contribution < 1.29 is 26.7 Å². The number of para-hydroxylation sites is 1. The first-order valence-electron chi connectivity index (χ1n) is 13.0. The quantitative estimate of drug-likeness (QED) is 0.242. The predicted molar refractivity (Wildman–Crippen MR) is 145 cm³/mol. The van der Waals surface area contributed by atoms with E-state index in [4.69, 9.17) is 4.74 Å². The van der Waals surface area contributed by atoms with E-state index in [9.17, 15) is 22.0 Å². The Balaban J connectivity index is 1.21. The molecule has 1 saturated heterocycles. The molecule has 0 radical (unpaired) electrons. The van der Waals surface area contributed by atoms with Crippen molar-refractivity contribution in [3.8, 4) is 5.75 Å². The van der Waals surface area contributed by atoms with E-state index >= 15 is 0 Å². The second-order valence-corrected chi connectivity index (χ2v) is 9.94. The topological polar surface area (TPSA) is 40.6 Å². The van der Waals surface area contributed by atoms with Gasteiger partial charge in [-0.2, -0.15) is 13.2 Å². The standard InChI is InChI=1S/C30H29F5N4O/c1-20-12-29(27-4-2-3-5-28(27)36-20)37-25-15-22(30(33,34)35)16-26(18-25)40-11-10-38-6-8-39(9-7-38)19-21-13-23(31)17-24(32)14-21/h2-5,12-18H,6-11,19H2,1H3,(H,36,37). The van der Waals surface area contributed by atoms with Crippen molar-refractivity contribution in [2.45, 2.75) is 19.6 Å². The smallest absolute Gasteiger partial charge is 0.416 e. The summed E-state index contributed by atoms with van der Waals surface area (Å²) >= 11 is 0. The van der Waals surface area contributed by atoms with Crippen LogP contribution in [0.3, 0.4) is 0 Å². The van der Waals surface area contributed by atoms with Crippen molar-refractivity contribution in [2.24, 2.45) is 0 Å². The van der Waals surface area contributed by atoms with Crippen molar-refractivity contribution in [2.75, 3.05) is 44.6 Å². The number of pyridine rings is 1. The molecule has 0 spiro atoms. The molecular formula is C30H29F5N4O. The number of piperazine rings is 1. The number of benzene rings is 3. The van der Waals surface area contributed by atoms with Crippen LogP contribution in [0, 0.1) is 18.6 Å². The highest BCUT2D eigenvalue weighted by molar-refractivity contribution is 5.93. The lowest BCUT2D eigenvalue weighted by molar-refractivity contribution is -0.137. The molecule has 1 fully saturated rings. The van der Waals surface area contributed by atoms with Gasteiger partial charge in [0.1, 0.15) is 24.0 Å². The number of nitrogens with zero attached hydrogens (tertiary/aromatic N) is 3. The molecule has 5 nitrogen and oxygen atoms in total. The van der Waals surface area contributed by atoms with Crippen LogP contribution in [-0.4, -0.2) is 54.1 Å². The lowest BCUT2D eigenvalue weighted by Gasteiger charge is -2.34. The number of alkyl halides is 3. The van der Waals surface area contributed by atoms with Gasteiger partial charge in [-0.05, 0) is 48.9 Å². The van der Waals surface area contributed by atoms with Gasteiger partial charge in [-0.1, -0.05) is 18.2 Å². The Morgan fingerprint density at radius 3 is 2.30 bits per heavy atom. The molecule has 1 aromatic heterocycles. The van der Waals surface area contributed by atoms with Crippen LogP contribution in [0.4, 0.5) is 33.3 Å². The Labute approximate surface area is 229 Å². The monoisotopic (exact) mass is 556 g/mol. The first-order chi connectivity index (χ1) is 19.1. The van der Waals surface area contributed by atoms with Gasteiger partial charge >= 0.3 is 6.18 Å². The van der Waals surface area contributed by atoms with Gasteiger partial charge in [-0.3, -0.25) is 14.8 Å². The molecule has 0 bridgehead atoms. The average Bonchev–Trinajstić information content (AvgIpc) is 2.88. The number of nitrogens with one attached hydrogen (secondary N) is 1. The molecule has 1 aliphatic heterocycles. The lowest BCUT2D eigenvalue weighted by Crippen LogP contribution is -2.47. The summed E-state index contributed by atoms with van der Waals surface area (Å²) in [5, 5.41) is 3.93. The molecule has 4 aromatic rings. The zero-order valence-corrected chi connectivity index (χ0v) is 21.9. The summed E-state index contributed by atoms with van der Waals surface area (Å²) in [6, 6.07) is 16.4. The van der Waals surface area contributed by atoms with E-state index in [0.29, 0.717) is 50.5 Å². The van der Waals surface area contributed by atoms with Gasteiger partial charge in [-0.15, -0.1) is 0 Å². The van der Waals surface area contributed by atoms with Gasteiger partial charge in [0.15, 0.2) is 0 Å². The van der Waals surface area contributed by atoms with Gasteiger partial charge in [0, 0.05) is 73.9 Å². The van der Waals surface area contributed by atoms with Crippen molar-refractivity contribution >= 4 is 22.3 Å². The Hall–Kier alpha value is -3.76. The molecule has 0 amide bonds. The van der Waals surface area contributed by atoms with Gasteiger partial charge < -0.3 is 10.1 Å². The van der Waals surface area contributed by atoms with Crippen LogP contribution in [0.25, 0.3) is 10.9 Å². The first-order valence-corrected chi connectivity index (χ1v) is 13.0. The minimum Gasteiger partial charge on any atom is -0.492 e. The number of halogens is 5. The van der Waals surface area contributed by atoms with Crippen LogP contribution in [-0.2, 0) is 12.7 Å². The van der Waals surface area contributed by atoms with Crippen LogP contribution in [0.1, 0.15) is 16.8 Å². The van der Waals surface area contributed by atoms with E-state index < -0.39 is 23.4 Å². The number of aromatic nitrogens is 1. The first kappa shape index (κ1) is 27.8. The number of aryl methyl sites for hydroxylation is 1. The van der Waals surface area contributed by atoms with Crippen molar-refractivity contribution in [1.29, 1.82) is 0 Å². The Morgan fingerprint density at radius 1 is 0.875 bits per heavy atom. The largest absolute Gasteiger partial charge is 0.492 e. The summed E-state index contributed by atoms with van der Waals surface area (Å²) in [6.45, 7) is 5.87. The fourth-order valence-electron chi connectivity index (χ4n) is 4.91. The Bertz CT molecular complexity index is 1460. The molecule has 40 heavy (non-hydrogen) atoms. The summed E-state index contributed by atoms with van der Waals surface area (Å²) in [6.07, 6.45) is -4.53. The number of hydrogen-bond acceptors (Lipinski definition) is 5. The van der Waals surface area contributed by atoms with Crippen molar-refractivity contribution in [1.82, 2.24) is 14.8 Å². The molecule has 5 rings (SSSR count). The summed E-state index contributed by atoms with van der Waals surface area (Å²) in [5.41, 5.74) is 2.20. The third kappa shape index (κ3) is 7.05. The number of ether oxygens (including phenoxy) is 1. The molecule has 0 aliphatic carbocycles. The van der Waals surface area contributed by atoms with Crippen LogP contribution < -0.4 is 10.1 Å². The van der Waals surface area contributed by atoms with E-state index in [0.717, 1.165) is 34.8 Å². The highest BCUT2D eigenvalue weighted by Crippen LogP contribution is 2.36. The lowest BCUT2D eigenvalue weighted by atomic mass is 10.1. The fourth-order valence-corrected chi connectivity index (χ4v) is 4.91. The summed E-state index contributed by atoms with van der Waals surface area (Å²) in [7, 11) is 0. The van der Waals surface area contributed by atoms with Gasteiger partial charge in [0.25, 0.3) is 0 Å². The summed E-state index contributed by atoms with van der Waals surface area (Å²) in [5.74, 6) is -1.06. The highest BCUT2D eigenvalue weighted by Gasteiger charge is 2.31. The average molecular weight is 557 g/mol. The number of fused-ring (bicyclic) bond motifs is 1. The number of hydrogen-bond donors (Lipinski definition) is 1. The molecule has 0 atom stereocenters. The van der Waals surface area contributed by atoms with Crippen molar-refractivity contribution in [3.05, 3.63) is 95.2 Å². The van der Waals surface area contributed by atoms with Crippen LogP contribution in [0.5, 0.6) is 5.75 Å². The number of rotatable bonds is 8. The van der Waals surface area contributed by atoms with E-state index in [2.05, 4.69) is 20.1 Å².